The van der Waals surface area contributed by atoms with E-state index in [4.69, 9.17) is 4.74 Å². The largest absolute Gasteiger partial charge is 0.465 e. The molecule has 1 aliphatic carbocycles. The highest BCUT2D eigenvalue weighted by Crippen LogP contribution is 2.38. The number of methoxy groups -OCH3 is 1. The maximum atomic E-state index is 12.5. The number of ether oxygens (including phenoxy) is 1. The summed E-state index contributed by atoms with van der Waals surface area (Å²) in [5.74, 6) is -0.752. The van der Waals surface area contributed by atoms with Crippen LogP contribution in [-0.4, -0.2) is 56.0 Å². The Labute approximate surface area is 158 Å². The third-order valence-electron chi connectivity index (χ3n) is 4.37. The van der Waals surface area contributed by atoms with E-state index in [1.54, 1.807) is 4.90 Å². The number of carbonyl (C=O) groups is 3. The Hall–Kier alpha value is -1.93. The van der Waals surface area contributed by atoms with Gasteiger partial charge in [-0.05, 0) is 44.7 Å². The monoisotopic (exact) mass is 381 g/mol. The Morgan fingerprint density at radius 3 is 2.46 bits per heavy atom. The normalized spacial score (nSPS) is 13.2. The number of nitrogens with one attached hydrogen (secondary N) is 2. The average Bonchev–Trinajstić information content (AvgIpc) is 2.98. The van der Waals surface area contributed by atoms with Gasteiger partial charge in [0.2, 0.25) is 11.8 Å². The van der Waals surface area contributed by atoms with Gasteiger partial charge in [0, 0.05) is 11.4 Å². The van der Waals surface area contributed by atoms with Crippen LogP contribution in [-0.2, 0) is 27.2 Å². The predicted octanol–water partition coefficient (Wildman–Crippen LogP) is 1.81. The molecule has 1 aliphatic rings. The minimum Gasteiger partial charge on any atom is -0.465 e. The first-order chi connectivity index (χ1) is 12.5. The fourth-order valence-corrected chi connectivity index (χ4v) is 4.37. The molecule has 144 valence electrons. The lowest BCUT2D eigenvalue weighted by atomic mass is 9.95. The smallest absolute Gasteiger partial charge is 0.341 e. The highest BCUT2D eigenvalue weighted by molar-refractivity contribution is 7.17. The van der Waals surface area contributed by atoms with Crippen molar-refractivity contribution in [3.63, 3.8) is 0 Å². The second-order valence-electron chi connectivity index (χ2n) is 6.21. The minimum atomic E-state index is -0.408. The molecule has 0 aliphatic heterocycles. The maximum absolute atomic E-state index is 12.5. The van der Waals surface area contributed by atoms with Crippen molar-refractivity contribution in [2.45, 2.75) is 39.5 Å². The lowest BCUT2D eigenvalue weighted by Crippen LogP contribution is -2.41. The van der Waals surface area contributed by atoms with E-state index < -0.39 is 5.97 Å². The summed E-state index contributed by atoms with van der Waals surface area (Å²) in [6.07, 6.45) is 3.90. The van der Waals surface area contributed by atoms with Crippen LogP contribution in [0.5, 0.6) is 0 Å². The zero-order valence-corrected chi connectivity index (χ0v) is 16.5. The Morgan fingerprint density at radius 2 is 1.81 bits per heavy atom. The van der Waals surface area contributed by atoms with Crippen LogP contribution in [0, 0.1) is 0 Å². The first kappa shape index (κ1) is 20.4. The second kappa shape index (κ2) is 9.68. The molecule has 0 atom stereocenters. The third-order valence-corrected chi connectivity index (χ3v) is 5.58. The minimum absolute atomic E-state index is 0.0941. The van der Waals surface area contributed by atoms with Crippen molar-refractivity contribution < 1.29 is 19.1 Å². The summed E-state index contributed by atoms with van der Waals surface area (Å²) in [5, 5.41) is 6.14. The summed E-state index contributed by atoms with van der Waals surface area (Å²) in [6.45, 7) is 5.16. The summed E-state index contributed by atoms with van der Waals surface area (Å²) in [5.41, 5.74) is 1.50. The molecular weight excluding hydrogens is 354 g/mol. The number of likely N-dealkylation sites (N-methyl/N-ethyl adjacent to an activating group) is 2. The van der Waals surface area contributed by atoms with E-state index in [2.05, 4.69) is 10.6 Å². The van der Waals surface area contributed by atoms with Crippen molar-refractivity contribution >= 4 is 34.1 Å². The molecule has 0 saturated carbocycles. The Balaban J connectivity index is 2.09. The SMILES string of the molecule is CCNC(=O)CN(CC)CC(=O)Nc1sc2c(c1C(=O)OC)CCCC2. The van der Waals surface area contributed by atoms with Crippen molar-refractivity contribution in [3.05, 3.63) is 16.0 Å². The number of esters is 1. The van der Waals surface area contributed by atoms with Crippen LogP contribution in [0.3, 0.4) is 0 Å². The van der Waals surface area contributed by atoms with Crippen LogP contribution in [0.15, 0.2) is 0 Å². The van der Waals surface area contributed by atoms with Crippen molar-refractivity contribution in [3.8, 4) is 0 Å². The summed E-state index contributed by atoms with van der Waals surface area (Å²) in [6, 6.07) is 0. The molecule has 1 aromatic rings. The number of aryl methyl sites for hydroxylation is 1. The van der Waals surface area contributed by atoms with E-state index >= 15 is 0 Å². The molecule has 0 spiro atoms. The van der Waals surface area contributed by atoms with Gasteiger partial charge in [0.05, 0.1) is 25.8 Å². The van der Waals surface area contributed by atoms with Crippen molar-refractivity contribution in [1.29, 1.82) is 0 Å². The number of carbonyl (C=O) groups excluding carboxylic acids is 3. The Bertz CT molecular complexity index is 672. The van der Waals surface area contributed by atoms with Crippen molar-refractivity contribution in [2.75, 3.05) is 38.6 Å². The number of rotatable bonds is 8. The van der Waals surface area contributed by atoms with Crippen molar-refractivity contribution in [2.24, 2.45) is 0 Å². The summed E-state index contributed by atoms with van der Waals surface area (Å²) >= 11 is 1.46. The van der Waals surface area contributed by atoms with Gasteiger partial charge in [-0.3, -0.25) is 14.5 Å². The molecular formula is C18H27N3O4S. The molecule has 0 fully saturated rings. The highest BCUT2D eigenvalue weighted by atomic mass is 32.1. The standard InChI is InChI=1S/C18H27N3O4S/c1-4-19-14(22)10-21(5-2)11-15(23)20-17-16(18(24)25-3)12-8-6-7-9-13(12)26-17/h4-11H2,1-3H3,(H,19,22)(H,20,23). The topological polar surface area (TPSA) is 87.7 Å². The number of anilines is 1. The molecule has 0 unspecified atom stereocenters. The van der Waals surface area contributed by atoms with Gasteiger partial charge in [0.1, 0.15) is 5.00 Å². The molecule has 8 heteroatoms. The van der Waals surface area contributed by atoms with Gasteiger partial charge in [-0.2, -0.15) is 0 Å². The van der Waals surface area contributed by atoms with E-state index in [1.807, 2.05) is 13.8 Å². The first-order valence-corrected chi connectivity index (χ1v) is 9.83. The van der Waals surface area contributed by atoms with Crippen LogP contribution in [0.25, 0.3) is 0 Å². The quantitative estimate of drug-likeness (QED) is 0.671. The molecule has 1 heterocycles. The number of thiophene rings is 1. The molecule has 1 aromatic heterocycles. The van der Waals surface area contributed by atoms with Gasteiger partial charge in [0.25, 0.3) is 0 Å². The van der Waals surface area contributed by atoms with Crippen molar-refractivity contribution in [1.82, 2.24) is 10.2 Å². The number of amides is 2. The van der Waals surface area contributed by atoms with E-state index in [-0.39, 0.29) is 24.9 Å². The average molecular weight is 381 g/mol. The maximum Gasteiger partial charge on any atom is 0.341 e. The van der Waals surface area contributed by atoms with Gasteiger partial charge in [-0.25, -0.2) is 4.79 Å². The highest BCUT2D eigenvalue weighted by Gasteiger charge is 2.27. The molecule has 0 radical (unpaired) electrons. The van der Waals surface area contributed by atoms with Gasteiger partial charge in [0.15, 0.2) is 0 Å². The van der Waals surface area contributed by atoms with E-state index in [0.717, 1.165) is 36.1 Å². The third kappa shape index (κ3) is 5.04. The predicted molar refractivity (Wildman–Crippen MR) is 102 cm³/mol. The van der Waals surface area contributed by atoms with E-state index in [1.165, 1.54) is 18.4 Å². The van der Waals surface area contributed by atoms with Gasteiger partial charge in [-0.1, -0.05) is 6.92 Å². The van der Waals surface area contributed by atoms with Crippen LogP contribution in [0.4, 0.5) is 5.00 Å². The van der Waals surface area contributed by atoms with Crippen LogP contribution in [0.2, 0.25) is 0 Å². The van der Waals surface area contributed by atoms with Crippen LogP contribution < -0.4 is 10.6 Å². The van der Waals surface area contributed by atoms with E-state index in [9.17, 15) is 14.4 Å². The molecule has 7 nitrogen and oxygen atoms in total. The fraction of sp³-hybridized carbons (Fsp3) is 0.611. The van der Waals surface area contributed by atoms with Gasteiger partial charge in [-0.15, -0.1) is 11.3 Å². The van der Waals surface area contributed by atoms with E-state index in [0.29, 0.717) is 23.7 Å². The molecule has 2 amide bonds. The summed E-state index contributed by atoms with van der Waals surface area (Å²) in [4.78, 5) is 39.3. The number of hydrogen-bond donors (Lipinski definition) is 2. The second-order valence-corrected chi connectivity index (χ2v) is 7.32. The molecule has 0 bridgehead atoms. The zero-order valence-electron chi connectivity index (χ0n) is 15.6. The summed E-state index contributed by atoms with van der Waals surface area (Å²) in [7, 11) is 1.35. The lowest BCUT2D eigenvalue weighted by molar-refractivity contribution is -0.123. The Kier molecular flexibility index (Phi) is 7.59. The molecule has 0 saturated heterocycles. The molecule has 0 aromatic carbocycles. The van der Waals surface area contributed by atoms with Gasteiger partial charge < -0.3 is 15.4 Å². The zero-order chi connectivity index (χ0) is 19.1. The van der Waals surface area contributed by atoms with Crippen LogP contribution >= 0.6 is 11.3 Å². The van der Waals surface area contributed by atoms with Gasteiger partial charge >= 0.3 is 5.97 Å². The summed E-state index contributed by atoms with van der Waals surface area (Å²) < 4.78 is 4.92. The molecule has 26 heavy (non-hydrogen) atoms. The van der Waals surface area contributed by atoms with Crippen LogP contribution in [0.1, 0.15) is 47.5 Å². The lowest BCUT2D eigenvalue weighted by Gasteiger charge is -2.19. The first-order valence-electron chi connectivity index (χ1n) is 9.01. The number of fused-ring (bicyclic) bond motifs is 1. The number of hydrogen-bond acceptors (Lipinski definition) is 6. The Morgan fingerprint density at radius 1 is 1.12 bits per heavy atom. The molecule has 2 rings (SSSR count). The fourth-order valence-electron chi connectivity index (χ4n) is 3.08. The number of nitrogens with zero attached hydrogens (tertiary/aromatic N) is 1. The molecule has 2 N–H and O–H groups in total.